The second kappa shape index (κ2) is 7.38. The van der Waals surface area contributed by atoms with Gasteiger partial charge in [-0.15, -0.1) is 0 Å². The molecular weight excluding hydrogens is 363 g/mol. The first kappa shape index (κ1) is 18.7. The summed E-state index contributed by atoms with van der Waals surface area (Å²) in [6.45, 7) is 2.52. The van der Waals surface area contributed by atoms with Gasteiger partial charge in [0.2, 0.25) is 5.91 Å². The van der Waals surface area contributed by atoms with Gasteiger partial charge in [0.1, 0.15) is 5.82 Å². The maximum absolute atomic E-state index is 15.0. The van der Waals surface area contributed by atoms with E-state index in [1.165, 1.54) is 11.0 Å². The number of imide groups is 1. The average Bonchev–Trinajstić information content (AvgIpc) is 2.97. The highest BCUT2D eigenvalue weighted by Gasteiger charge is 2.29. The van der Waals surface area contributed by atoms with Crippen molar-refractivity contribution >= 4 is 34.3 Å². The number of carbonyl (C=O) groups excluding carboxylic acids is 2. The summed E-state index contributed by atoms with van der Waals surface area (Å²) in [7, 11) is 1.77. The van der Waals surface area contributed by atoms with Crippen LogP contribution in [0.25, 0.3) is 10.9 Å². The standard InChI is InChI=1S/C19H25FN6O2/c1-24-15-11-16(25-7-3-12(2-6-21)4-8-25)14(20)10-13(15)18(23-24)26-9-5-17(27)22-19(26)28/h10-12H,2-9,21H2,1H3,(H,22,27,28). The molecular formula is C19H25FN6O2. The van der Waals surface area contributed by atoms with Crippen LogP contribution in [-0.4, -0.2) is 47.9 Å². The lowest BCUT2D eigenvalue weighted by Crippen LogP contribution is -2.49. The van der Waals surface area contributed by atoms with Gasteiger partial charge in [0.25, 0.3) is 0 Å². The summed E-state index contributed by atoms with van der Waals surface area (Å²) in [5.74, 6) is 0.340. The fourth-order valence-corrected chi connectivity index (χ4v) is 4.15. The van der Waals surface area contributed by atoms with Crippen molar-refractivity contribution in [1.82, 2.24) is 15.1 Å². The minimum atomic E-state index is -0.525. The second-order valence-electron chi connectivity index (χ2n) is 7.53. The summed E-state index contributed by atoms with van der Waals surface area (Å²) in [5.41, 5.74) is 6.97. The molecule has 0 saturated carbocycles. The van der Waals surface area contributed by atoms with Crippen molar-refractivity contribution in [2.45, 2.75) is 25.7 Å². The zero-order valence-corrected chi connectivity index (χ0v) is 15.9. The molecule has 0 spiro atoms. The number of carbonyl (C=O) groups is 2. The van der Waals surface area contributed by atoms with Crippen LogP contribution in [0, 0.1) is 11.7 Å². The largest absolute Gasteiger partial charge is 0.369 e. The van der Waals surface area contributed by atoms with Crippen LogP contribution in [-0.2, 0) is 11.8 Å². The number of halogens is 1. The molecule has 2 aromatic rings. The number of urea groups is 1. The number of piperidine rings is 1. The van der Waals surface area contributed by atoms with Crippen molar-refractivity contribution in [2.24, 2.45) is 18.7 Å². The Kier molecular flexibility index (Phi) is 4.92. The number of aromatic nitrogens is 2. The van der Waals surface area contributed by atoms with Gasteiger partial charge >= 0.3 is 6.03 Å². The molecule has 3 N–H and O–H groups in total. The number of anilines is 2. The molecule has 1 aromatic heterocycles. The zero-order chi connectivity index (χ0) is 19.8. The molecule has 2 aliphatic rings. The van der Waals surface area contributed by atoms with E-state index in [1.807, 2.05) is 0 Å². The van der Waals surface area contributed by atoms with Crippen LogP contribution in [0.1, 0.15) is 25.7 Å². The highest BCUT2D eigenvalue weighted by atomic mass is 19.1. The fourth-order valence-electron chi connectivity index (χ4n) is 4.15. The molecule has 8 nitrogen and oxygen atoms in total. The van der Waals surface area contributed by atoms with E-state index in [-0.39, 0.29) is 24.7 Å². The molecule has 2 saturated heterocycles. The van der Waals surface area contributed by atoms with Gasteiger partial charge in [0, 0.05) is 38.5 Å². The first-order valence-corrected chi connectivity index (χ1v) is 9.70. The van der Waals surface area contributed by atoms with Crippen molar-refractivity contribution in [3.8, 4) is 0 Å². The summed E-state index contributed by atoms with van der Waals surface area (Å²) < 4.78 is 16.6. The molecule has 0 bridgehead atoms. The number of hydrogen-bond acceptors (Lipinski definition) is 5. The van der Waals surface area contributed by atoms with Crippen LogP contribution in [0.15, 0.2) is 12.1 Å². The molecule has 0 atom stereocenters. The number of benzene rings is 1. The SMILES string of the molecule is Cn1nc(N2CCC(=O)NC2=O)c2cc(F)c(N3CCC(CCN)CC3)cc21. The summed E-state index contributed by atoms with van der Waals surface area (Å²) in [5, 5.41) is 7.27. The highest BCUT2D eigenvalue weighted by Crippen LogP contribution is 2.34. The Morgan fingerprint density at radius 3 is 2.68 bits per heavy atom. The third-order valence-corrected chi connectivity index (χ3v) is 5.74. The summed E-state index contributed by atoms with van der Waals surface area (Å²) in [4.78, 5) is 27.0. The van der Waals surface area contributed by atoms with Crippen LogP contribution in [0.2, 0.25) is 0 Å². The lowest BCUT2D eigenvalue weighted by atomic mass is 9.93. The van der Waals surface area contributed by atoms with Crippen LogP contribution < -0.4 is 20.9 Å². The van der Waals surface area contributed by atoms with Crippen LogP contribution in [0.3, 0.4) is 0 Å². The van der Waals surface area contributed by atoms with Crippen LogP contribution in [0.5, 0.6) is 0 Å². The van der Waals surface area contributed by atoms with Gasteiger partial charge in [-0.3, -0.25) is 19.7 Å². The number of amides is 3. The maximum atomic E-state index is 15.0. The predicted molar refractivity (Wildman–Crippen MR) is 105 cm³/mol. The monoisotopic (exact) mass is 388 g/mol. The van der Waals surface area contributed by atoms with Crippen LogP contribution >= 0.6 is 0 Å². The molecule has 9 heteroatoms. The summed E-state index contributed by atoms with van der Waals surface area (Å²) in [6.07, 6.45) is 3.23. The Morgan fingerprint density at radius 2 is 2.00 bits per heavy atom. The lowest BCUT2D eigenvalue weighted by Gasteiger charge is -2.33. The van der Waals surface area contributed by atoms with E-state index >= 15 is 0 Å². The molecule has 2 aliphatic heterocycles. The average molecular weight is 388 g/mol. The first-order valence-electron chi connectivity index (χ1n) is 9.70. The number of aryl methyl sites for hydroxylation is 1. The fraction of sp³-hybridized carbons (Fsp3) is 0.526. The quantitative estimate of drug-likeness (QED) is 0.831. The third-order valence-electron chi connectivity index (χ3n) is 5.74. The minimum Gasteiger partial charge on any atom is -0.369 e. The molecule has 2 fully saturated rings. The number of fused-ring (bicyclic) bond motifs is 1. The van der Waals surface area contributed by atoms with E-state index < -0.39 is 6.03 Å². The third kappa shape index (κ3) is 3.30. The molecule has 4 rings (SSSR count). The molecule has 0 radical (unpaired) electrons. The van der Waals surface area contributed by atoms with Crippen molar-refractivity contribution in [1.29, 1.82) is 0 Å². The van der Waals surface area contributed by atoms with E-state index in [2.05, 4.69) is 15.3 Å². The Hall–Kier alpha value is -2.68. The van der Waals surface area contributed by atoms with E-state index in [9.17, 15) is 14.0 Å². The normalized spacial score (nSPS) is 18.8. The first-order chi connectivity index (χ1) is 13.5. The lowest BCUT2D eigenvalue weighted by molar-refractivity contribution is -0.120. The van der Waals surface area contributed by atoms with Gasteiger partial charge in [-0.05, 0) is 43.9 Å². The number of nitrogens with zero attached hydrogens (tertiary/aromatic N) is 4. The van der Waals surface area contributed by atoms with Crippen molar-refractivity contribution in [3.05, 3.63) is 17.9 Å². The van der Waals surface area contributed by atoms with Crippen molar-refractivity contribution in [2.75, 3.05) is 36.0 Å². The molecule has 28 heavy (non-hydrogen) atoms. The Bertz CT molecular complexity index is 919. The van der Waals surface area contributed by atoms with Gasteiger partial charge in [-0.25, -0.2) is 9.18 Å². The van der Waals surface area contributed by atoms with Gasteiger partial charge in [0.05, 0.1) is 11.2 Å². The molecule has 1 aromatic carbocycles. The van der Waals surface area contributed by atoms with Gasteiger partial charge < -0.3 is 10.6 Å². The summed E-state index contributed by atoms with van der Waals surface area (Å²) in [6, 6.07) is 2.72. The molecule has 0 unspecified atom stereocenters. The number of rotatable bonds is 4. The maximum Gasteiger partial charge on any atom is 0.329 e. The molecule has 0 aliphatic carbocycles. The van der Waals surface area contributed by atoms with Crippen molar-refractivity contribution < 1.29 is 14.0 Å². The van der Waals surface area contributed by atoms with Crippen molar-refractivity contribution in [3.63, 3.8) is 0 Å². The molecule has 3 amide bonds. The van der Waals surface area contributed by atoms with E-state index in [4.69, 9.17) is 5.73 Å². The Labute approximate surface area is 162 Å². The highest BCUT2D eigenvalue weighted by molar-refractivity contribution is 6.09. The smallest absolute Gasteiger partial charge is 0.329 e. The summed E-state index contributed by atoms with van der Waals surface area (Å²) >= 11 is 0. The topological polar surface area (TPSA) is 96.5 Å². The number of nitrogens with one attached hydrogen (secondary N) is 1. The minimum absolute atomic E-state index is 0.197. The zero-order valence-electron chi connectivity index (χ0n) is 15.9. The van der Waals surface area contributed by atoms with Gasteiger partial charge in [-0.1, -0.05) is 0 Å². The van der Waals surface area contributed by atoms with Gasteiger partial charge in [0.15, 0.2) is 5.82 Å². The Balaban J connectivity index is 1.64. The molecule has 3 heterocycles. The Morgan fingerprint density at radius 1 is 1.25 bits per heavy atom. The number of nitrogens with two attached hydrogens (primary N) is 1. The predicted octanol–water partition coefficient (Wildman–Crippen LogP) is 1.72. The van der Waals surface area contributed by atoms with Crippen LogP contribution in [0.4, 0.5) is 20.7 Å². The number of hydrogen-bond donors (Lipinski definition) is 2. The van der Waals surface area contributed by atoms with E-state index in [1.54, 1.807) is 17.8 Å². The second-order valence-corrected chi connectivity index (χ2v) is 7.53. The van der Waals surface area contributed by atoms with E-state index in [0.717, 1.165) is 37.9 Å². The molecule has 150 valence electrons. The van der Waals surface area contributed by atoms with Gasteiger partial charge in [-0.2, -0.15) is 5.10 Å². The van der Waals surface area contributed by atoms with E-state index in [0.29, 0.717) is 29.4 Å².